The third kappa shape index (κ3) is 3.82. The molecule has 3 fully saturated rings. The smallest absolute Gasteiger partial charge is 0.199 e. The summed E-state index contributed by atoms with van der Waals surface area (Å²) in [6.07, 6.45) is 12.3. The number of hydrogen-bond donors (Lipinski definition) is 0. The molecule has 31 heavy (non-hydrogen) atoms. The highest BCUT2D eigenvalue weighted by atomic mass is 19.3. The molecule has 0 saturated heterocycles. The van der Waals surface area contributed by atoms with Crippen LogP contribution in [0, 0.1) is 57.2 Å². The molecule has 4 rings (SSSR count). The molecule has 8 atom stereocenters. The molecule has 0 heterocycles. The first-order valence-electron chi connectivity index (χ1n) is 13.0. The highest BCUT2D eigenvalue weighted by Gasteiger charge is 2.63. The van der Waals surface area contributed by atoms with Gasteiger partial charge in [-0.1, -0.05) is 53.9 Å². The lowest BCUT2D eigenvalue weighted by atomic mass is 9.45. The quantitative estimate of drug-likeness (QED) is 0.384. The molecular formula is C27H43F2NO. The summed E-state index contributed by atoms with van der Waals surface area (Å²) in [6, 6.07) is 0. The predicted molar refractivity (Wildman–Crippen MR) is 123 cm³/mol. The summed E-state index contributed by atoms with van der Waals surface area (Å²) in [7, 11) is 0. The Bertz CT molecular complexity index is 718. The van der Waals surface area contributed by atoms with E-state index in [1.54, 1.807) is 6.08 Å². The van der Waals surface area contributed by atoms with Gasteiger partial charge < -0.3 is 0 Å². The van der Waals surface area contributed by atoms with Crippen molar-refractivity contribution >= 4 is 0 Å². The fourth-order valence-electron chi connectivity index (χ4n) is 9.02. The van der Waals surface area contributed by atoms with Crippen LogP contribution in [-0.4, -0.2) is 5.92 Å². The highest BCUT2D eigenvalue weighted by molar-refractivity contribution is 5.23. The van der Waals surface area contributed by atoms with Gasteiger partial charge in [0.1, 0.15) is 0 Å². The Morgan fingerprint density at radius 3 is 2.39 bits per heavy atom. The Morgan fingerprint density at radius 2 is 1.71 bits per heavy atom. The molecule has 0 aromatic carbocycles. The number of hydrogen-bond acceptors (Lipinski definition) is 2. The molecule has 8 unspecified atom stereocenters. The van der Waals surface area contributed by atoms with E-state index < -0.39 is 17.0 Å². The highest BCUT2D eigenvalue weighted by Crippen LogP contribution is 2.69. The lowest BCUT2D eigenvalue weighted by molar-refractivity contribution is -0.133. The van der Waals surface area contributed by atoms with Gasteiger partial charge in [0.25, 0.3) is 5.92 Å². The molecule has 0 N–H and O–H groups in total. The molecule has 0 amide bonds. The summed E-state index contributed by atoms with van der Waals surface area (Å²) >= 11 is 0. The Hall–Kier alpha value is -0.800. The zero-order valence-corrected chi connectivity index (χ0v) is 20.3. The zero-order valence-electron chi connectivity index (χ0n) is 20.3. The van der Waals surface area contributed by atoms with E-state index >= 15 is 0 Å². The van der Waals surface area contributed by atoms with Gasteiger partial charge in [-0.05, 0) is 102 Å². The van der Waals surface area contributed by atoms with Gasteiger partial charge in [0.05, 0.1) is 0 Å². The van der Waals surface area contributed by atoms with Crippen LogP contribution in [0.3, 0.4) is 0 Å². The Labute approximate surface area is 188 Å². The van der Waals surface area contributed by atoms with Gasteiger partial charge in [-0.3, -0.25) is 0 Å². The van der Waals surface area contributed by atoms with Gasteiger partial charge in [0.2, 0.25) is 0 Å². The van der Waals surface area contributed by atoms with Crippen LogP contribution < -0.4 is 0 Å². The minimum absolute atomic E-state index is 0.0811. The number of fused-ring (bicyclic) bond motifs is 5. The third-order valence-corrected chi connectivity index (χ3v) is 10.6. The number of allylic oxidation sites excluding steroid dienone is 2. The van der Waals surface area contributed by atoms with Crippen LogP contribution in [0.25, 0.3) is 0 Å². The van der Waals surface area contributed by atoms with Gasteiger partial charge in [0.15, 0.2) is 5.70 Å². The standard InChI is InChI=1S/C27H43F2NO/c1-17(2)7-6-8-18(3)21-11-12-22-20-10-9-19-15-24(30-31)27(28,29)16-26(19,5)23(20)13-14-25(21,22)4/h15,17-23H,6-14,16H2,1-5H3. The average molecular weight is 436 g/mol. The Morgan fingerprint density at radius 1 is 1.00 bits per heavy atom. The van der Waals surface area contributed by atoms with Crippen molar-refractivity contribution in [1.29, 1.82) is 0 Å². The molecule has 0 aromatic heterocycles. The zero-order chi connectivity index (χ0) is 22.6. The second-order valence-electron chi connectivity index (χ2n) is 12.6. The van der Waals surface area contributed by atoms with E-state index in [1.807, 2.05) is 0 Å². The topological polar surface area (TPSA) is 29.4 Å². The molecule has 2 nitrogen and oxygen atoms in total. The van der Waals surface area contributed by atoms with Crippen LogP contribution in [0.1, 0.15) is 98.8 Å². The van der Waals surface area contributed by atoms with E-state index in [1.165, 1.54) is 38.5 Å². The van der Waals surface area contributed by atoms with Crippen molar-refractivity contribution in [3.63, 3.8) is 0 Å². The lowest BCUT2D eigenvalue weighted by Gasteiger charge is -2.60. The summed E-state index contributed by atoms with van der Waals surface area (Å²) in [5.74, 6) is 0.955. The predicted octanol–water partition coefficient (Wildman–Crippen LogP) is 8.61. The first-order chi connectivity index (χ1) is 14.5. The Kier molecular flexibility index (Phi) is 6.18. The summed E-state index contributed by atoms with van der Waals surface area (Å²) in [4.78, 5) is 11.0. The molecule has 0 spiro atoms. The van der Waals surface area contributed by atoms with Crippen LogP contribution in [0.2, 0.25) is 0 Å². The van der Waals surface area contributed by atoms with Crippen LogP contribution in [0.4, 0.5) is 8.78 Å². The normalized spacial score (nSPS) is 44.8. The van der Waals surface area contributed by atoms with E-state index in [4.69, 9.17) is 0 Å². The van der Waals surface area contributed by atoms with Crippen molar-refractivity contribution in [3.8, 4) is 0 Å². The fourth-order valence-corrected chi connectivity index (χ4v) is 9.02. The van der Waals surface area contributed by atoms with Crippen molar-refractivity contribution in [2.45, 2.75) is 105 Å². The van der Waals surface area contributed by atoms with Crippen LogP contribution in [0.5, 0.6) is 0 Å². The summed E-state index contributed by atoms with van der Waals surface area (Å²) in [5.41, 5.74) is -0.530. The number of nitroso groups, excluding NO2 is 1. The van der Waals surface area contributed by atoms with Crippen molar-refractivity contribution in [2.75, 3.05) is 0 Å². The largest absolute Gasteiger partial charge is 0.293 e. The van der Waals surface area contributed by atoms with Gasteiger partial charge in [-0.2, -0.15) is 8.78 Å². The second-order valence-corrected chi connectivity index (χ2v) is 12.6. The molecular weight excluding hydrogens is 392 g/mol. The van der Waals surface area contributed by atoms with Gasteiger partial charge in [-0.25, -0.2) is 0 Å². The molecule has 0 aliphatic heterocycles. The summed E-state index contributed by atoms with van der Waals surface area (Å²) < 4.78 is 29.5. The maximum absolute atomic E-state index is 14.8. The van der Waals surface area contributed by atoms with Crippen molar-refractivity contribution in [2.24, 2.45) is 57.4 Å². The maximum Gasteiger partial charge on any atom is 0.293 e. The minimum Gasteiger partial charge on any atom is -0.199 e. The minimum atomic E-state index is -3.07. The first kappa shape index (κ1) is 23.4. The van der Waals surface area contributed by atoms with E-state index in [0.29, 0.717) is 23.2 Å². The number of halogens is 2. The van der Waals surface area contributed by atoms with E-state index in [9.17, 15) is 13.7 Å². The summed E-state index contributed by atoms with van der Waals surface area (Å²) in [6.45, 7) is 11.7. The van der Waals surface area contributed by atoms with Crippen LogP contribution >= 0.6 is 0 Å². The summed E-state index contributed by atoms with van der Waals surface area (Å²) in [5, 5.41) is 2.72. The molecule has 0 bridgehead atoms. The molecule has 0 radical (unpaired) electrons. The van der Waals surface area contributed by atoms with Crippen LogP contribution in [0.15, 0.2) is 16.9 Å². The first-order valence-corrected chi connectivity index (χ1v) is 13.0. The van der Waals surface area contributed by atoms with E-state index in [-0.39, 0.29) is 12.3 Å². The van der Waals surface area contributed by atoms with Gasteiger partial charge in [0, 0.05) is 6.42 Å². The average Bonchev–Trinajstić information content (AvgIpc) is 3.03. The molecule has 4 heteroatoms. The molecule has 0 aromatic rings. The monoisotopic (exact) mass is 435 g/mol. The van der Waals surface area contributed by atoms with Gasteiger partial charge >= 0.3 is 0 Å². The van der Waals surface area contributed by atoms with Gasteiger partial charge in [-0.15, -0.1) is 4.91 Å². The SMILES string of the molecule is CC(C)CCCC(C)C1CCC2C3CCC4C=C(N=O)C(F)(F)CC4(C)C3CCC12C. The number of nitrogens with zero attached hydrogens (tertiary/aromatic N) is 1. The van der Waals surface area contributed by atoms with Crippen molar-refractivity contribution < 1.29 is 8.78 Å². The van der Waals surface area contributed by atoms with Crippen molar-refractivity contribution in [1.82, 2.24) is 0 Å². The molecule has 176 valence electrons. The van der Waals surface area contributed by atoms with E-state index in [0.717, 1.165) is 37.0 Å². The van der Waals surface area contributed by atoms with Crippen molar-refractivity contribution in [3.05, 3.63) is 16.7 Å². The molecule has 4 aliphatic carbocycles. The Balaban J connectivity index is 1.52. The molecule has 4 aliphatic rings. The number of rotatable bonds is 6. The van der Waals surface area contributed by atoms with Crippen LogP contribution in [-0.2, 0) is 0 Å². The third-order valence-electron chi connectivity index (χ3n) is 10.6. The van der Waals surface area contributed by atoms with E-state index in [2.05, 4.69) is 39.8 Å². The fraction of sp³-hybridized carbons (Fsp3) is 0.926. The molecule has 3 saturated carbocycles. The maximum atomic E-state index is 14.8. The second kappa shape index (κ2) is 8.20. The number of alkyl halides is 2. The lowest BCUT2D eigenvalue weighted by Crippen LogP contribution is -2.55.